The number of benzene rings is 2. The zero-order valence-corrected chi connectivity index (χ0v) is 27.1. The summed E-state index contributed by atoms with van der Waals surface area (Å²) in [5.41, 5.74) is 3.18. The predicted octanol–water partition coefficient (Wildman–Crippen LogP) is 1.33. The largest absolute Gasteiger partial charge is 1.00 e. The van der Waals surface area contributed by atoms with E-state index in [0.717, 1.165) is 48.2 Å². The van der Waals surface area contributed by atoms with Gasteiger partial charge in [-0.2, -0.15) is 11.8 Å². The molecular formula is C28H29CsN4O3. The molecule has 8 heteroatoms. The van der Waals surface area contributed by atoms with Crippen molar-refractivity contribution in [2.45, 2.75) is 37.9 Å². The molecule has 7 nitrogen and oxygen atoms in total. The Labute approximate surface area is 270 Å². The smallest absolute Gasteiger partial charge is 0.490 e. The average molecular weight is 602 g/mol. The quantitative estimate of drug-likeness (QED) is 0.229. The van der Waals surface area contributed by atoms with E-state index in [0.29, 0.717) is 11.7 Å². The number of aromatic nitrogens is 4. The second-order valence-electron chi connectivity index (χ2n) is 8.25. The van der Waals surface area contributed by atoms with E-state index in [4.69, 9.17) is 9.84 Å². The second kappa shape index (κ2) is 14.1. The Balaban J connectivity index is 0.00000117. The monoisotopic (exact) mass is 602 g/mol. The van der Waals surface area contributed by atoms with Crippen LogP contribution in [0.25, 0.3) is 11.1 Å². The van der Waals surface area contributed by atoms with Crippen molar-refractivity contribution in [2.75, 3.05) is 7.11 Å². The molecule has 4 aromatic rings. The van der Waals surface area contributed by atoms with Gasteiger partial charge >= 0.3 is 68.9 Å². The summed E-state index contributed by atoms with van der Waals surface area (Å²) in [5.74, 6) is 9.15. The Hall–Kier alpha value is -1.94. The van der Waals surface area contributed by atoms with Crippen molar-refractivity contribution in [2.24, 2.45) is 0 Å². The molecule has 1 aliphatic rings. The van der Waals surface area contributed by atoms with Crippen molar-refractivity contribution in [3.63, 3.8) is 0 Å². The second-order valence-corrected chi connectivity index (χ2v) is 8.25. The summed E-state index contributed by atoms with van der Waals surface area (Å²) in [6.07, 6.45) is 8.70. The van der Waals surface area contributed by atoms with Gasteiger partial charge in [-0.05, 0) is 61.3 Å². The molecule has 2 heterocycles. The molecule has 5 rings (SSSR count). The molecule has 0 amide bonds. The van der Waals surface area contributed by atoms with Crippen LogP contribution in [0.4, 0.5) is 0 Å². The van der Waals surface area contributed by atoms with Crippen molar-refractivity contribution in [1.82, 2.24) is 19.5 Å². The van der Waals surface area contributed by atoms with Crippen LogP contribution < -0.4 is 73.6 Å². The molecule has 0 saturated heterocycles. The number of H-pyrrole nitrogens is 1. The Morgan fingerprint density at radius 3 is 2.31 bits per heavy atom. The van der Waals surface area contributed by atoms with Crippen LogP contribution in [-0.2, 0) is 0 Å². The molecule has 0 spiro atoms. The third kappa shape index (κ3) is 7.31. The van der Waals surface area contributed by atoms with E-state index in [1.54, 1.807) is 36.6 Å². The Kier molecular flexibility index (Phi) is 11.2. The predicted molar refractivity (Wildman–Crippen MR) is 134 cm³/mol. The van der Waals surface area contributed by atoms with E-state index in [2.05, 4.69) is 51.1 Å². The van der Waals surface area contributed by atoms with Crippen molar-refractivity contribution in [3.05, 3.63) is 97.1 Å². The van der Waals surface area contributed by atoms with Gasteiger partial charge in [-0.1, -0.05) is 42.6 Å². The van der Waals surface area contributed by atoms with E-state index in [-0.39, 0.29) is 75.0 Å². The third-order valence-electron chi connectivity index (χ3n) is 5.87. The van der Waals surface area contributed by atoms with Gasteiger partial charge < -0.3 is 24.5 Å². The number of hydrogen-bond donors (Lipinski definition) is 3. The molecule has 2 aromatic heterocycles. The fraction of sp³-hybridized carbons (Fsp3) is 0.250. The van der Waals surface area contributed by atoms with Crippen LogP contribution >= 0.6 is 0 Å². The van der Waals surface area contributed by atoms with E-state index < -0.39 is 6.10 Å². The fourth-order valence-corrected chi connectivity index (χ4v) is 3.99. The van der Waals surface area contributed by atoms with Crippen LogP contribution in [-0.4, -0.2) is 42.9 Å². The van der Waals surface area contributed by atoms with E-state index >= 15 is 0 Å². The summed E-state index contributed by atoms with van der Waals surface area (Å²) >= 11 is 0. The molecule has 1 saturated carbocycles. The first-order chi connectivity index (χ1) is 17.2. The summed E-state index contributed by atoms with van der Waals surface area (Å²) in [4.78, 5) is 11.7. The number of aliphatic hydroxyl groups is 2. The number of nitrogens with one attached hydrogen (secondary N) is 1. The molecule has 0 radical (unpaired) electrons. The Bertz CT molecular complexity index is 1250. The van der Waals surface area contributed by atoms with E-state index in [1.165, 1.54) is 0 Å². The maximum Gasteiger partial charge on any atom is 1.00 e. The minimum Gasteiger partial charge on any atom is -0.490 e. The molecule has 2 aromatic carbocycles. The zero-order valence-electron chi connectivity index (χ0n) is 20.8. The number of aliphatic hydroxyl groups excluding tert-OH is 2. The average Bonchev–Trinajstić information content (AvgIpc) is 3.56. The molecule has 1 atom stereocenters. The number of ether oxygens (including phenoxy) is 1. The van der Waals surface area contributed by atoms with Gasteiger partial charge in [0.15, 0.2) is 0 Å². The standard InChI is InChI=1S/C27H25N4O2.CH4O.Cs/c1-19(32)27-30-14-16-31(27)15-2-3-20-4-6-21(7-5-20)22-8-10-24(11-9-22)33-25-17-23(18-25)26-28-12-13-29-26;1-2;/h4-16,19,23,25,32H,17-18H2,1H3,(H,28,29);2H,1H3;/q-1;;+1. The Morgan fingerprint density at radius 1 is 1.03 bits per heavy atom. The third-order valence-corrected chi connectivity index (χ3v) is 5.87. The molecule has 0 aliphatic heterocycles. The zero-order chi connectivity index (χ0) is 24.6. The van der Waals surface area contributed by atoms with Gasteiger partial charge in [0.25, 0.3) is 0 Å². The molecule has 1 aliphatic carbocycles. The number of aromatic amines is 1. The fourth-order valence-electron chi connectivity index (χ4n) is 3.99. The van der Waals surface area contributed by atoms with E-state index in [1.807, 2.05) is 30.5 Å². The van der Waals surface area contributed by atoms with Crippen LogP contribution in [0.3, 0.4) is 0 Å². The van der Waals surface area contributed by atoms with Crippen molar-refractivity contribution in [1.29, 1.82) is 0 Å². The molecule has 180 valence electrons. The van der Waals surface area contributed by atoms with Crippen molar-refractivity contribution >= 4 is 0 Å². The number of nitrogens with zero attached hydrogens (tertiary/aromatic N) is 3. The SMILES string of the molecule is CC(O)c1nccn1[CH-]C#Cc1ccc(-c2ccc(OC3CC(c4ncc[nH]4)C3)cc2)cc1.CO.[Cs+]. The van der Waals surface area contributed by atoms with Gasteiger partial charge in [0, 0.05) is 25.4 Å². The summed E-state index contributed by atoms with van der Waals surface area (Å²) in [6, 6.07) is 16.4. The van der Waals surface area contributed by atoms with Crippen molar-refractivity contribution in [3.8, 4) is 28.7 Å². The number of imidazole rings is 2. The topological polar surface area (TPSA) is 96.2 Å². The van der Waals surface area contributed by atoms with Gasteiger partial charge in [0.05, 0.1) is 11.9 Å². The molecule has 3 N–H and O–H groups in total. The summed E-state index contributed by atoms with van der Waals surface area (Å²) in [5, 5.41) is 16.7. The van der Waals surface area contributed by atoms with Gasteiger partial charge in [-0.25, -0.2) is 4.98 Å². The van der Waals surface area contributed by atoms with Crippen LogP contribution in [0, 0.1) is 18.4 Å². The molecule has 0 bridgehead atoms. The molecule has 1 fully saturated rings. The van der Waals surface area contributed by atoms with Crippen LogP contribution in [0.5, 0.6) is 5.75 Å². The summed E-state index contributed by atoms with van der Waals surface area (Å²) in [7, 11) is 1.00. The molecule has 1 unspecified atom stereocenters. The summed E-state index contributed by atoms with van der Waals surface area (Å²) < 4.78 is 7.83. The van der Waals surface area contributed by atoms with Gasteiger partial charge in [-0.3, -0.25) is 4.98 Å². The maximum atomic E-state index is 9.71. The van der Waals surface area contributed by atoms with Gasteiger partial charge in [0.2, 0.25) is 0 Å². The van der Waals surface area contributed by atoms with Crippen LogP contribution in [0.2, 0.25) is 0 Å². The maximum absolute atomic E-state index is 9.71. The first kappa shape index (κ1) is 28.6. The minimum absolute atomic E-state index is 0. The van der Waals surface area contributed by atoms with Gasteiger partial charge in [0.1, 0.15) is 17.7 Å². The van der Waals surface area contributed by atoms with Crippen molar-refractivity contribution < 1.29 is 83.8 Å². The first-order valence-corrected chi connectivity index (χ1v) is 11.5. The minimum atomic E-state index is -0.638. The summed E-state index contributed by atoms with van der Waals surface area (Å²) in [6.45, 7) is 3.39. The number of hydrogen-bond acceptors (Lipinski definition) is 5. The molecule has 36 heavy (non-hydrogen) atoms. The van der Waals surface area contributed by atoms with Crippen LogP contribution in [0.15, 0.2) is 73.3 Å². The van der Waals surface area contributed by atoms with Gasteiger partial charge in [-0.15, -0.1) is 0 Å². The normalized spacial score (nSPS) is 16.7. The molecular weight excluding hydrogens is 573 g/mol. The van der Waals surface area contributed by atoms with E-state index in [9.17, 15) is 5.11 Å². The first-order valence-electron chi connectivity index (χ1n) is 11.5. The number of rotatable bonds is 6. The Morgan fingerprint density at radius 2 is 1.69 bits per heavy atom. The van der Waals surface area contributed by atoms with Crippen LogP contribution in [0.1, 0.15) is 49.0 Å².